The van der Waals surface area contributed by atoms with Crippen LogP contribution < -0.4 is 10.4 Å². The summed E-state index contributed by atoms with van der Waals surface area (Å²) < 4.78 is 0. The van der Waals surface area contributed by atoms with Gasteiger partial charge >= 0.3 is 0 Å². The first kappa shape index (κ1) is 9.53. The number of nitrogens with zero attached hydrogens (tertiary/aromatic N) is 1. The smallest absolute Gasteiger partial charge is 0.184 e. The molecule has 0 aliphatic carbocycles. The lowest BCUT2D eigenvalue weighted by atomic mass is 9.67. The third kappa shape index (κ3) is 1.42. The van der Waals surface area contributed by atoms with Gasteiger partial charge < -0.3 is 4.90 Å². The van der Waals surface area contributed by atoms with Crippen molar-refractivity contribution in [2.24, 2.45) is 0 Å². The molecule has 2 aromatic rings. The monoisotopic (exact) mass is 206 g/mol. The van der Waals surface area contributed by atoms with Crippen LogP contribution in [-0.4, -0.2) is 13.2 Å². The minimum Gasteiger partial charge on any atom is -0.347 e. The van der Waals surface area contributed by atoms with E-state index in [0.717, 1.165) is 0 Å². The molecule has 1 aliphatic heterocycles. The van der Waals surface area contributed by atoms with Crippen LogP contribution in [0.4, 0.5) is 11.4 Å². The molecule has 0 saturated heterocycles. The number of fused-ring (bicyclic) bond motifs is 1. The van der Waals surface area contributed by atoms with E-state index >= 15 is 0 Å². The van der Waals surface area contributed by atoms with Crippen molar-refractivity contribution in [1.29, 1.82) is 0 Å². The topological polar surface area (TPSA) is 3.24 Å². The van der Waals surface area contributed by atoms with Crippen molar-refractivity contribution in [3.05, 3.63) is 54.6 Å². The summed E-state index contributed by atoms with van der Waals surface area (Å²) in [6.45, 7) is 2.23. The lowest BCUT2D eigenvalue weighted by molar-refractivity contribution is 0.960. The Balaban J connectivity index is 2.09. The molecule has 1 nitrogen and oxygen atoms in total. The minimum absolute atomic E-state index is 0.430. The number of anilines is 2. The van der Waals surface area contributed by atoms with Crippen molar-refractivity contribution in [2.45, 2.75) is 12.9 Å². The molecule has 0 saturated carbocycles. The van der Waals surface area contributed by atoms with E-state index in [0.29, 0.717) is 5.94 Å². The van der Waals surface area contributed by atoms with E-state index in [1.54, 1.807) is 0 Å². The molecule has 16 heavy (non-hydrogen) atoms. The second-order valence-electron chi connectivity index (χ2n) is 4.17. The van der Waals surface area contributed by atoms with Crippen LogP contribution in [0.3, 0.4) is 0 Å². The zero-order chi connectivity index (χ0) is 11.0. The fourth-order valence-electron chi connectivity index (χ4n) is 2.36. The van der Waals surface area contributed by atoms with E-state index in [9.17, 15) is 0 Å². The number of hydrogen-bond acceptors (Lipinski definition) is 1. The van der Waals surface area contributed by atoms with Gasteiger partial charge in [-0.05, 0) is 18.2 Å². The van der Waals surface area contributed by atoms with Gasteiger partial charge in [0.05, 0.1) is 0 Å². The normalized spacial score (nSPS) is 18.1. The minimum atomic E-state index is 0.430. The quantitative estimate of drug-likeness (QED) is 0.648. The molecule has 1 radical (unpaired) electrons. The second kappa shape index (κ2) is 3.71. The van der Waals surface area contributed by atoms with E-state index in [1.165, 1.54) is 16.8 Å². The van der Waals surface area contributed by atoms with Crippen LogP contribution in [-0.2, 0) is 0 Å². The third-order valence-corrected chi connectivity index (χ3v) is 3.06. The molecule has 0 fully saturated rings. The zero-order valence-electron chi connectivity index (χ0n) is 9.30. The van der Waals surface area contributed by atoms with Gasteiger partial charge in [-0.3, -0.25) is 0 Å². The summed E-state index contributed by atoms with van der Waals surface area (Å²) in [5, 5.41) is 0. The predicted molar refractivity (Wildman–Crippen MR) is 69.9 cm³/mol. The first-order valence-electron chi connectivity index (χ1n) is 5.64. The molecular weight excluding hydrogens is 193 g/mol. The molecule has 0 aromatic heterocycles. The van der Waals surface area contributed by atoms with Gasteiger partial charge in [0.25, 0.3) is 0 Å². The maximum Gasteiger partial charge on any atom is 0.184 e. The number of rotatable bonds is 1. The second-order valence-corrected chi connectivity index (χ2v) is 4.17. The number of para-hydroxylation sites is 2. The molecule has 3 rings (SSSR count). The van der Waals surface area contributed by atoms with Crippen molar-refractivity contribution in [2.75, 3.05) is 4.90 Å². The lowest BCUT2D eigenvalue weighted by Crippen LogP contribution is -2.27. The van der Waals surface area contributed by atoms with Crippen LogP contribution >= 0.6 is 0 Å². The standard InChI is InChI=1S/C14H13BN/c1-11-15-13-9-5-6-10-14(13)16(11)12-7-3-2-4-8-12/h2-11H,1H3. The molecule has 1 aliphatic rings. The fourth-order valence-corrected chi connectivity index (χ4v) is 2.36. The molecule has 1 atom stereocenters. The van der Waals surface area contributed by atoms with Crippen LogP contribution in [0.15, 0.2) is 54.6 Å². The summed E-state index contributed by atoms with van der Waals surface area (Å²) in [5.74, 6) is 0.430. The van der Waals surface area contributed by atoms with Crippen LogP contribution in [0.5, 0.6) is 0 Å². The SMILES string of the molecule is CC1[B]c2ccccc2N1c1ccccc1. The summed E-state index contributed by atoms with van der Waals surface area (Å²) in [6.07, 6.45) is 0. The Hall–Kier alpha value is -1.70. The third-order valence-electron chi connectivity index (χ3n) is 3.06. The average Bonchev–Trinajstić information content (AvgIpc) is 2.66. The number of hydrogen-bond donors (Lipinski definition) is 0. The van der Waals surface area contributed by atoms with Crippen molar-refractivity contribution in [3.63, 3.8) is 0 Å². The molecule has 0 amide bonds. The van der Waals surface area contributed by atoms with Crippen molar-refractivity contribution >= 4 is 24.1 Å². The van der Waals surface area contributed by atoms with Gasteiger partial charge in [0.2, 0.25) is 0 Å². The van der Waals surface area contributed by atoms with E-state index in [4.69, 9.17) is 0 Å². The molecule has 1 heterocycles. The Morgan fingerprint density at radius 2 is 1.62 bits per heavy atom. The van der Waals surface area contributed by atoms with E-state index in [1.807, 2.05) is 0 Å². The van der Waals surface area contributed by atoms with E-state index < -0.39 is 0 Å². The maximum atomic E-state index is 2.37. The highest BCUT2D eigenvalue weighted by molar-refractivity contribution is 6.60. The van der Waals surface area contributed by atoms with E-state index in [2.05, 4.69) is 73.7 Å². The average molecular weight is 206 g/mol. The molecule has 2 aromatic carbocycles. The van der Waals surface area contributed by atoms with Crippen LogP contribution in [0.1, 0.15) is 6.92 Å². The highest BCUT2D eigenvalue weighted by Gasteiger charge is 2.27. The van der Waals surface area contributed by atoms with Gasteiger partial charge in [0.15, 0.2) is 7.28 Å². The van der Waals surface area contributed by atoms with Gasteiger partial charge in [0.1, 0.15) is 0 Å². The van der Waals surface area contributed by atoms with Gasteiger partial charge in [0, 0.05) is 17.3 Å². The van der Waals surface area contributed by atoms with Crippen LogP contribution in [0.2, 0.25) is 0 Å². The maximum absolute atomic E-state index is 2.37. The first-order chi connectivity index (χ1) is 7.86. The Bertz CT molecular complexity index is 495. The predicted octanol–water partition coefficient (Wildman–Crippen LogP) is 2.51. The highest BCUT2D eigenvalue weighted by Crippen LogP contribution is 2.29. The highest BCUT2D eigenvalue weighted by atomic mass is 15.2. The van der Waals surface area contributed by atoms with Crippen molar-refractivity contribution < 1.29 is 0 Å². The molecule has 0 N–H and O–H groups in total. The van der Waals surface area contributed by atoms with Gasteiger partial charge in [-0.2, -0.15) is 0 Å². The Labute approximate surface area is 97.0 Å². The van der Waals surface area contributed by atoms with Gasteiger partial charge in [-0.15, -0.1) is 0 Å². The lowest BCUT2D eigenvalue weighted by Gasteiger charge is -2.25. The zero-order valence-corrected chi connectivity index (χ0v) is 9.30. The van der Waals surface area contributed by atoms with Crippen LogP contribution in [0.25, 0.3) is 0 Å². The van der Waals surface area contributed by atoms with Crippen molar-refractivity contribution in [3.8, 4) is 0 Å². The van der Waals surface area contributed by atoms with Crippen LogP contribution in [0, 0.1) is 0 Å². The Morgan fingerprint density at radius 3 is 2.44 bits per heavy atom. The largest absolute Gasteiger partial charge is 0.347 e. The van der Waals surface area contributed by atoms with Gasteiger partial charge in [-0.25, -0.2) is 0 Å². The molecule has 2 heteroatoms. The summed E-state index contributed by atoms with van der Waals surface area (Å²) in [4.78, 5) is 2.37. The summed E-state index contributed by atoms with van der Waals surface area (Å²) in [7, 11) is 2.31. The fraction of sp³-hybridized carbons (Fsp3) is 0.143. The molecule has 1 unspecified atom stereocenters. The first-order valence-corrected chi connectivity index (χ1v) is 5.64. The molecule has 0 spiro atoms. The Morgan fingerprint density at radius 1 is 0.938 bits per heavy atom. The summed E-state index contributed by atoms with van der Waals surface area (Å²) >= 11 is 0. The van der Waals surface area contributed by atoms with Crippen molar-refractivity contribution in [1.82, 2.24) is 0 Å². The molecular formula is C14H13BN. The number of benzene rings is 2. The molecule has 0 bridgehead atoms. The Kier molecular flexibility index (Phi) is 2.21. The van der Waals surface area contributed by atoms with E-state index in [-0.39, 0.29) is 0 Å². The summed E-state index contributed by atoms with van der Waals surface area (Å²) in [5.41, 5.74) is 3.90. The molecule has 77 valence electrons. The summed E-state index contributed by atoms with van der Waals surface area (Å²) in [6, 6.07) is 19.1. The van der Waals surface area contributed by atoms with Gasteiger partial charge in [-0.1, -0.05) is 48.8 Å².